The Morgan fingerprint density at radius 1 is 1.08 bits per heavy atom. The molecule has 0 aliphatic carbocycles. The van der Waals surface area contributed by atoms with Crippen LogP contribution in [0.25, 0.3) is 0 Å². The van der Waals surface area contributed by atoms with Crippen LogP contribution in [0.15, 0.2) is 41.2 Å². The Bertz CT molecular complexity index is 527. The highest BCUT2D eigenvalue weighted by Gasteiger charge is 2.29. The molecule has 0 aromatic heterocycles. The van der Waals surface area contributed by atoms with E-state index in [1.165, 1.54) is 5.20 Å². The number of carboxylic acids is 1. The van der Waals surface area contributed by atoms with E-state index in [2.05, 4.69) is 31.9 Å². The SMILES string of the molecule is CO[Si](C)(C)C=C(CCO)[Si](C)(C)OC.O=C(O)c1ccccc1. The lowest BCUT2D eigenvalue weighted by Gasteiger charge is -2.27. The second-order valence-electron chi connectivity index (χ2n) is 6.34. The maximum atomic E-state index is 10.2. The number of hydrogen-bond donors (Lipinski definition) is 2. The number of aliphatic hydroxyl groups is 1. The fourth-order valence-corrected chi connectivity index (χ4v) is 6.37. The third kappa shape index (κ3) is 8.56. The summed E-state index contributed by atoms with van der Waals surface area (Å²) in [7, 11) is -0.0205. The van der Waals surface area contributed by atoms with Gasteiger partial charge in [0.25, 0.3) is 0 Å². The van der Waals surface area contributed by atoms with Crippen molar-refractivity contribution in [2.75, 3.05) is 20.8 Å². The first-order valence-electron chi connectivity index (χ1n) is 7.81. The van der Waals surface area contributed by atoms with Crippen molar-refractivity contribution in [1.29, 1.82) is 0 Å². The molecule has 0 bridgehead atoms. The molecule has 24 heavy (non-hydrogen) atoms. The van der Waals surface area contributed by atoms with Crippen LogP contribution in [-0.2, 0) is 8.85 Å². The minimum atomic E-state index is -1.80. The first-order chi connectivity index (χ1) is 11.1. The Kier molecular flexibility index (Phi) is 10.0. The smallest absolute Gasteiger partial charge is 0.335 e. The summed E-state index contributed by atoms with van der Waals surface area (Å²) in [5, 5.41) is 18.7. The zero-order valence-corrected chi connectivity index (χ0v) is 17.5. The predicted molar refractivity (Wildman–Crippen MR) is 102 cm³/mol. The molecule has 0 radical (unpaired) electrons. The molecule has 136 valence electrons. The van der Waals surface area contributed by atoms with Gasteiger partial charge in [-0.15, -0.1) is 0 Å². The normalized spacial score (nSPS) is 12.4. The molecule has 0 saturated heterocycles. The van der Waals surface area contributed by atoms with Crippen LogP contribution in [0.3, 0.4) is 0 Å². The lowest BCUT2D eigenvalue weighted by Crippen LogP contribution is -2.36. The van der Waals surface area contributed by atoms with Crippen LogP contribution in [0, 0.1) is 0 Å². The molecular weight excluding hydrogens is 340 g/mol. The number of aliphatic hydroxyl groups excluding tert-OH is 1. The van der Waals surface area contributed by atoms with E-state index < -0.39 is 22.6 Å². The van der Waals surface area contributed by atoms with Crippen LogP contribution in [0.5, 0.6) is 0 Å². The first kappa shape index (κ1) is 22.7. The zero-order chi connectivity index (χ0) is 18.8. The molecule has 0 atom stereocenters. The van der Waals surface area contributed by atoms with Gasteiger partial charge in [0.2, 0.25) is 16.6 Å². The first-order valence-corrected chi connectivity index (χ1v) is 13.7. The van der Waals surface area contributed by atoms with E-state index in [0.29, 0.717) is 12.0 Å². The standard InChI is InChI=1S/C10H24O3Si2.C7H6O2/c1-12-14(3,4)9-10(7-8-11)15(5,6)13-2;8-7(9)6-4-2-1-3-5-6/h9,11H,7-8H2,1-6H3;1-5H,(H,8,9). The average molecular weight is 371 g/mol. The van der Waals surface area contributed by atoms with Gasteiger partial charge in [0.1, 0.15) is 0 Å². The van der Waals surface area contributed by atoms with Crippen molar-refractivity contribution < 1.29 is 23.9 Å². The molecule has 0 fully saturated rings. The number of benzene rings is 1. The van der Waals surface area contributed by atoms with Gasteiger partial charge in [-0.2, -0.15) is 0 Å². The van der Waals surface area contributed by atoms with Crippen LogP contribution in [0.2, 0.25) is 26.2 Å². The van der Waals surface area contributed by atoms with Gasteiger partial charge in [0, 0.05) is 20.8 Å². The molecule has 0 saturated carbocycles. The summed E-state index contributed by atoms with van der Waals surface area (Å²) in [6, 6.07) is 8.30. The second-order valence-corrected chi connectivity index (χ2v) is 14.3. The maximum absolute atomic E-state index is 10.2. The summed E-state index contributed by atoms with van der Waals surface area (Å²) in [6.07, 6.45) is 0.701. The topological polar surface area (TPSA) is 76.0 Å². The van der Waals surface area contributed by atoms with E-state index in [1.807, 2.05) is 0 Å². The van der Waals surface area contributed by atoms with Gasteiger partial charge in [-0.3, -0.25) is 0 Å². The van der Waals surface area contributed by atoms with Crippen molar-refractivity contribution in [2.24, 2.45) is 0 Å². The average Bonchev–Trinajstić information content (AvgIpc) is 2.55. The van der Waals surface area contributed by atoms with E-state index in [-0.39, 0.29) is 6.61 Å². The Balaban J connectivity index is 0.000000496. The molecule has 1 aromatic carbocycles. The van der Waals surface area contributed by atoms with Crippen molar-refractivity contribution in [1.82, 2.24) is 0 Å². The van der Waals surface area contributed by atoms with Crippen LogP contribution >= 0.6 is 0 Å². The third-order valence-electron chi connectivity index (χ3n) is 3.73. The molecule has 7 heteroatoms. The molecule has 0 aliphatic heterocycles. The summed E-state index contributed by atoms with van der Waals surface area (Å²) in [6.45, 7) is 8.76. The van der Waals surface area contributed by atoms with Gasteiger partial charge in [0.05, 0.1) is 5.56 Å². The summed E-state index contributed by atoms with van der Waals surface area (Å²) < 4.78 is 11.1. The van der Waals surface area contributed by atoms with Gasteiger partial charge in [-0.25, -0.2) is 4.79 Å². The lowest BCUT2D eigenvalue weighted by molar-refractivity contribution is 0.0697. The summed E-state index contributed by atoms with van der Waals surface area (Å²) in [5.41, 5.74) is 2.55. The minimum absolute atomic E-state index is 0.180. The van der Waals surface area contributed by atoms with Gasteiger partial charge in [-0.1, -0.05) is 29.1 Å². The Morgan fingerprint density at radius 3 is 1.96 bits per heavy atom. The highest BCUT2D eigenvalue weighted by molar-refractivity contribution is 6.83. The van der Waals surface area contributed by atoms with Crippen molar-refractivity contribution >= 4 is 22.6 Å². The van der Waals surface area contributed by atoms with Crippen LogP contribution < -0.4 is 0 Å². The molecule has 0 heterocycles. The van der Waals surface area contributed by atoms with Gasteiger partial charge >= 0.3 is 5.97 Å². The number of rotatable bonds is 7. The highest BCUT2D eigenvalue weighted by Crippen LogP contribution is 2.22. The van der Waals surface area contributed by atoms with Gasteiger partial charge < -0.3 is 19.1 Å². The highest BCUT2D eigenvalue weighted by atomic mass is 28.4. The van der Waals surface area contributed by atoms with Crippen molar-refractivity contribution in [3.8, 4) is 0 Å². The van der Waals surface area contributed by atoms with E-state index in [4.69, 9.17) is 19.1 Å². The Hall–Kier alpha value is -1.26. The molecule has 5 nitrogen and oxygen atoms in total. The summed E-state index contributed by atoms with van der Waals surface area (Å²) in [5.74, 6) is -0.879. The molecule has 2 N–H and O–H groups in total. The molecule has 1 aromatic rings. The zero-order valence-electron chi connectivity index (χ0n) is 15.5. The fraction of sp³-hybridized carbons (Fsp3) is 0.471. The number of hydrogen-bond acceptors (Lipinski definition) is 4. The molecule has 0 amide bonds. The molecular formula is C17H30O5Si2. The summed E-state index contributed by atoms with van der Waals surface area (Å²) in [4.78, 5) is 10.2. The molecule has 0 unspecified atom stereocenters. The van der Waals surface area contributed by atoms with Crippen molar-refractivity contribution in [3.63, 3.8) is 0 Å². The Morgan fingerprint density at radius 2 is 1.62 bits per heavy atom. The second kappa shape index (κ2) is 10.6. The largest absolute Gasteiger partial charge is 0.478 e. The number of aromatic carboxylic acids is 1. The van der Waals surface area contributed by atoms with E-state index in [1.54, 1.807) is 44.6 Å². The molecule has 1 rings (SSSR count). The van der Waals surface area contributed by atoms with Gasteiger partial charge in [-0.05, 0) is 44.7 Å². The lowest BCUT2D eigenvalue weighted by atomic mass is 10.2. The van der Waals surface area contributed by atoms with E-state index in [9.17, 15) is 4.79 Å². The number of carboxylic acid groups (broad SMARTS) is 1. The van der Waals surface area contributed by atoms with E-state index in [0.717, 1.165) is 0 Å². The van der Waals surface area contributed by atoms with Crippen LogP contribution in [0.4, 0.5) is 0 Å². The minimum Gasteiger partial charge on any atom is -0.478 e. The monoisotopic (exact) mass is 370 g/mol. The van der Waals surface area contributed by atoms with Gasteiger partial charge in [0.15, 0.2) is 0 Å². The molecule has 0 spiro atoms. The Labute approximate surface area is 147 Å². The summed E-state index contributed by atoms with van der Waals surface area (Å²) >= 11 is 0. The van der Waals surface area contributed by atoms with E-state index >= 15 is 0 Å². The quantitative estimate of drug-likeness (QED) is 0.719. The van der Waals surface area contributed by atoms with Crippen LogP contribution in [0.1, 0.15) is 16.8 Å². The maximum Gasteiger partial charge on any atom is 0.335 e. The fourth-order valence-electron chi connectivity index (χ4n) is 1.86. The van der Waals surface area contributed by atoms with Crippen molar-refractivity contribution in [3.05, 3.63) is 46.8 Å². The predicted octanol–water partition coefficient (Wildman–Crippen LogP) is 3.46. The third-order valence-corrected chi connectivity index (χ3v) is 9.08. The van der Waals surface area contributed by atoms with Crippen LogP contribution in [-0.4, -0.2) is 53.6 Å². The van der Waals surface area contributed by atoms with Crippen molar-refractivity contribution in [2.45, 2.75) is 32.6 Å². The number of carbonyl (C=O) groups is 1. The molecule has 0 aliphatic rings.